The van der Waals surface area contributed by atoms with Gasteiger partial charge in [0.05, 0.1) is 35.5 Å². The number of ketones is 1. The minimum absolute atomic E-state index is 0.107. The second-order valence-electron chi connectivity index (χ2n) is 8.94. The lowest BCUT2D eigenvalue weighted by Crippen LogP contribution is -2.29. The van der Waals surface area contributed by atoms with Crippen molar-refractivity contribution in [2.45, 2.75) is 25.8 Å². The molecule has 1 atom stereocenters. The molecule has 2 heterocycles. The number of thiazole rings is 1. The number of aromatic hydroxyl groups is 1. The normalized spacial score (nSPS) is 16.7. The van der Waals surface area contributed by atoms with E-state index in [0.717, 1.165) is 17.5 Å². The Bertz CT molecular complexity index is 1610. The van der Waals surface area contributed by atoms with Crippen LogP contribution in [-0.4, -0.2) is 40.6 Å². The predicted molar refractivity (Wildman–Crippen MR) is 151 cm³/mol. The van der Waals surface area contributed by atoms with Crippen molar-refractivity contribution in [1.29, 1.82) is 0 Å². The van der Waals surface area contributed by atoms with Crippen molar-refractivity contribution in [3.05, 3.63) is 82.4 Å². The van der Waals surface area contributed by atoms with E-state index >= 15 is 0 Å². The summed E-state index contributed by atoms with van der Waals surface area (Å²) in [7, 11) is 1.40. The molecule has 4 aromatic rings. The van der Waals surface area contributed by atoms with Crippen LogP contribution in [0.5, 0.6) is 17.2 Å². The smallest absolute Gasteiger partial charge is 0.301 e. The summed E-state index contributed by atoms with van der Waals surface area (Å²) in [6.45, 7) is 2.57. The SMILES string of the molecule is CCCCOc1cccc(C(O)=C2C(=O)C(=O)N(c3nc4ccc(Cl)cc4s3)C2c2ccc(O)c(OC)c2)c1. The number of Topliss-reactive ketones (excluding diaryl/α,β-unsaturated/α-hetero) is 1. The molecular weight excluding hydrogens is 540 g/mol. The highest BCUT2D eigenvalue weighted by Gasteiger charge is 2.48. The topological polar surface area (TPSA) is 109 Å². The van der Waals surface area contributed by atoms with Gasteiger partial charge in [-0.1, -0.05) is 54.5 Å². The first-order valence-electron chi connectivity index (χ1n) is 12.3. The summed E-state index contributed by atoms with van der Waals surface area (Å²) < 4.78 is 11.8. The van der Waals surface area contributed by atoms with Gasteiger partial charge in [0.15, 0.2) is 16.6 Å². The quantitative estimate of drug-likeness (QED) is 0.109. The van der Waals surface area contributed by atoms with Crippen molar-refractivity contribution < 1.29 is 29.3 Å². The van der Waals surface area contributed by atoms with E-state index in [-0.39, 0.29) is 28.0 Å². The van der Waals surface area contributed by atoms with E-state index in [9.17, 15) is 19.8 Å². The van der Waals surface area contributed by atoms with Crippen LogP contribution in [0.15, 0.2) is 66.2 Å². The second kappa shape index (κ2) is 11.0. The Labute approximate surface area is 233 Å². The van der Waals surface area contributed by atoms with Gasteiger partial charge in [0.25, 0.3) is 5.78 Å². The number of methoxy groups -OCH3 is 1. The minimum atomic E-state index is -1.04. The molecule has 1 aliphatic rings. The van der Waals surface area contributed by atoms with Crippen LogP contribution < -0.4 is 14.4 Å². The van der Waals surface area contributed by atoms with Gasteiger partial charge in [-0.25, -0.2) is 4.98 Å². The molecule has 0 aliphatic carbocycles. The molecule has 10 heteroatoms. The zero-order valence-electron chi connectivity index (χ0n) is 21.2. The van der Waals surface area contributed by atoms with Crippen LogP contribution in [0.1, 0.15) is 36.9 Å². The number of benzene rings is 3. The lowest BCUT2D eigenvalue weighted by Gasteiger charge is -2.23. The van der Waals surface area contributed by atoms with Gasteiger partial charge in [0, 0.05) is 10.6 Å². The Kier molecular flexibility index (Phi) is 7.45. The molecule has 0 bridgehead atoms. The predicted octanol–water partition coefficient (Wildman–Crippen LogP) is 6.47. The van der Waals surface area contributed by atoms with Crippen LogP contribution in [0.3, 0.4) is 0 Å². The summed E-state index contributed by atoms with van der Waals surface area (Å²) >= 11 is 7.36. The highest BCUT2D eigenvalue weighted by Crippen LogP contribution is 2.46. The number of hydrogen-bond acceptors (Lipinski definition) is 8. The maximum Gasteiger partial charge on any atom is 0.301 e. The Balaban J connectivity index is 1.68. The average Bonchev–Trinajstić information content (AvgIpc) is 3.46. The molecule has 0 radical (unpaired) electrons. The number of phenols is 1. The second-order valence-corrected chi connectivity index (χ2v) is 10.4. The summed E-state index contributed by atoms with van der Waals surface area (Å²) in [5.41, 5.74) is 1.27. The van der Waals surface area contributed by atoms with E-state index in [2.05, 4.69) is 11.9 Å². The number of carbonyl (C=O) groups is 2. The molecule has 0 spiro atoms. The highest BCUT2D eigenvalue weighted by atomic mass is 35.5. The van der Waals surface area contributed by atoms with E-state index in [1.807, 2.05) is 0 Å². The number of anilines is 1. The zero-order chi connectivity index (χ0) is 27.7. The number of nitrogens with zero attached hydrogens (tertiary/aromatic N) is 2. The molecule has 1 aromatic heterocycles. The van der Waals surface area contributed by atoms with Crippen LogP contribution in [0, 0.1) is 0 Å². The minimum Gasteiger partial charge on any atom is -0.507 e. The third-order valence-electron chi connectivity index (χ3n) is 6.38. The van der Waals surface area contributed by atoms with E-state index in [0.29, 0.717) is 34.0 Å². The number of fused-ring (bicyclic) bond motifs is 1. The van der Waals surface area contributed by atoms with Gasteiger partial charge in [-0.15, -0.1) is 0 Å². The molecule has 1 amide bonds. The number of phenolic OH excluding ortho intramolecular Hbond substituents is 1. The Morgan fingerprint density at radius 3 is 2.72 bits per heavy atom. The summed E-state index contributed by atoms with van der Waals surface area (Å²) in [6, 6.07) is 15.4. The third-order valence-corrected chi connectivity index (χ3v) is 7.64. The van der Waals surface area contributed by atoms with Gasteiger partial charge in [0.2, 0.25) is 0 Å². The molecule has 1 aliphatic heterocycles. The van der Waals surface area contributed by atoms with Gasteiger partial charge in [-0.05, 0) is 54.4 Å². The Morgan fingerprint density at radius 1 is 1.13 bits per heavy atom. The number of aromatic nitrogens is 1. The van der Waals surface area contributed by atoms with Gasteiger partial charge in [0.1, 0.15) is 11.5 Å². The first-order chi connectivity index (χ1) is 18.8. The number of amides is 1. The highest BCUT2D eigenvalue weighted by molar-refractivity contribution is 7.22. The Morgan fingerprint density at radius 2 is 1.95 bits per heavy atom. The van der Waals surface area contributed by atoms with Crippen molar-refractivity contribution in [2.75, 3.05) is 18.6 Å². The van der Waals surface area contributed by atoms with Crippen LogP contribution in [-0.2, 0) is 9.59 Å². The molecule has 0 saturated carbocycles. The van der Waals surface area contributed by atoms with Crippen molar-refractivity contribution in [3.63, 3.8) is 0 Å². The van der Waals surface area contributed by atoms with Crippen molar-refractivity contribution in [3.8, 4) is 17.2 Å². The summed E-state index contributed by atoms with van der Waals surface area (Å²) in [5.74, 6) is -1.47. The molecule has 5 rings (SSSR count). The molecule has 39 heavy (non-hydrogen) atoms. The summed E-state index contributed by atoms with van der Waals surface area (Å²) in [4.78, 5) is 32.9. The van der Waals surface area contributed by atoms with Crippen LogP contribution >= 0.6 is 22.9 Å². The summed E-state index contributed by atoms with van der Waals surface area (Å²) in [5, 5.41) is 22.4. The maximum atomic E-state index is 13.5. The standard InChI is InChI=1S/C29H25ClN2O6S/c1-3-4-12-38-19-7-5-6-17(13-19)26(34)24-25(16-8-11-21(33)22(14-16)37-2)32(28(36)27(24)35)29-31-20-10-9-18(30)15-23(20)39-29/h5-11,13-15,25,33-34H,3-4,12H2,1-2H3. The van der Waals surface area contributed by atoms with Crippen molar-refractivity contribution in [2.24, 2.45) is 0 Å². The van der Waals surface area contributed by atoms with E-state index < -0.39 is 17.7 Å². The van der Waals surface area contributed by atoms with E-state index in [1.165, 1.54) is 35.5 Å². The molecule has 1 fully saturated rings. The molecule has 1 saturated heterocycles. The molecule has 2 N–H and O–H groups in total. The van der Waals surface area contributed by atoms with Crippen molar-refractivity contribution >= 4 is 55.7 Å². The number of carbonyl (C=O) groups excluding carboxylic acids is 2. The molecule has 200 valence electrons. The first kappa shape index (κ1) is 26.5. The molecule has 1 unspecified atom stereocenters. The Hall–Kier alpha value is -4.08. The summed E-state index contributed by atoms with van der Waals surface area (Å²) in [6.07, 6.45) is 1.84. The monoisotopic (exact) mass is 564 g/mol. The fourth-order valence-electron chi connectivity index (χ4n) is 4.42. The number of rotatable bonds is 8. The zero-order valence-corrected chi connectivity index (χ0v) is 22.8. The van der Waals surface area contributed by atoms with E-state index in [4.69, 9.17) is 21.1 Å². The van der Waals surface area contributed by atoms with Crippen LogP contribution in [0.25, 0.3) is 16.0 Å². The van der Waals surface area contributed by atoms with Gasteiger partial charge in [-0.2, -0.15) is 0 Å². The van der Waals surface area contributed by atoms with Crippen LogP contribution in [0.2, 0.25) is 5.02 Å². The number of aliphatic hydroxyl groups is 1. The van der Waals surface area contributed by atoms with Crippen LogP contribution in [0.4, 0.5) is 5.13 Å². The van der Waals surface area contributed by atoms with Gasteiger partial charge in [-0.3, -0.25) is 14.5 Å². The van der Waals surface area contributed by atoms with Gasteiger partial charge >= 0.3 is 5.91 Å². The molecule has 3 aromatic carbocycles. The van der Waals surface area contributed by atoms with Gasteiger partial charge < -0.3 is 19.7 Å². The average molecular weight is 565 g/mol. The number of halogens is 1. The maximum absolute atomic E-state index is 13.5. The number of aliphatic hydroxyl groups excluding tert-OH is 1. The first-order valence-corrected chi connectivity index (χ1v) is 13.5. The largest absolute Gasteiger partial charge is 0.507 e. The fraction of sp³-hybridized carbons (Fsp3) is 0.207. The fourth-order valence-corrected chi connectivity index (χ4v) is 5.69. The lowest BCUT2D eigenvalue weighted by atomic mass is 9.95. The van der Waals surface area contributed by atoms with E-state index in [1.54, 1.807) is 48.5 Å². The number of hydrogen-bond donors (Lipinski definition) is 2. The lowest BCUT2D eigenvalue weighted by molar-refractivity contribution is -0.132. The number of ether oxygens (including phenoxy) is 2. The van der Waals surface area contributed by atoms with Crippen molar-refractivity contribution in [1.82, 2.24) is 4.98 Å². The molecular formula is C29H25ClN2O6S. The number of unbranched alkanes of at least 4 members (excludes halogenated alkanes) is 1. The molecule has 8 nitrogen and oxygen atoms in total. The third kappa shape index (κ3) is 5.03.